The number of benzene rings is 4. The summed E-state index contributed by atoms with van der Waals surface area (Å²) in [5, 5.41) is 50.5. The number of aryl methyl sites for hydroxylation is 4. The molecule has 0 spiro atoms. The number of ether oxygens (including phenoxy) is 9. The molecule has 8 N–H and O–H groups in total. The van der Waals surface area contributed by atoms with Crippen LogP contribution in [0.3, 0.4) is 0 Å². The summed E-state index contributed by atoms with van der Waals surface area (Å²) < 4.78 is 64.4. The third kappa shape index (κ3) is 11.9. The highest BCUT2D eigenvalue weighted by Crippen LogP contribution is 2.41. The van der Waals surface area contributed by atoms with E-state index in [1.54, 1.807) is 79.7 Å². The average molecular weight is 1200 g/mol. The van der Waals surface area contributed by atoms with Crippen molar-refractivity contribution < 1.29 is 91.1 Å². The molecule has 0 aliphatic carbocycles. The molecule has 8 aromatic rings. The van der Waals surface area contributed by atoms with Crippen molar-refractivity contribution in [3.63, 3.8) is 0 Å². The molecular formula is C62H62N4O21. The first-order valence-electron chi connectivity index (χ1n) is 27.2. The minimum Gasteiger partial charge on any atom is -0.505 e. The van der Waals surface area contributed by atoms with Gasteiger partial charge in [-0.2, -0.15) is 0 Å². The second kappa shape index (κ2) is 23.8. The molecule has 0 saturated carbocycles. The zero-order valence-electron chi connectivity index (χ0n) is 48.6. The van der Waals surface area contributed by atoms with Crippen molar-refractivity contribution in [3.8, 4) is 34.5 Å². The minimum atomic E-state index is -1.56. The summed E-state index contributed by atoms with van der Waals surface area (Å²) in [4.78, 5) is 85.6. The second-order valence-electron chi connectivity index (χ2n) is 22.0. The fourth-order valence-electron chi connectivity index (χ4n) is 10.6. The number of amides is 2. The standard InChI is InChI=1S/C62H62N4O21/c1-27-11-23-37(63-27)55(73)84-49-45(69)59(86-61(5,6)51(49)77-9)80-39-25-21-35-43(67)41(57(75)82-47(35)29(39)3)65-53(71)31-13-17-33(18-14-31)79-34-19-15-32(16-20-34)54(72)66-42-44(68)36-22-26-40(30(4)48(36)83-58(42)76)81-60-46(70)50(52(78-10)62(7,8)87-60)85-56(74)38-24-12-28(2)64-38/h11-26,45-46,49-52,59-60,63-64,67-70H,1-10H3,(H,65,71)(H,66,72)/t45?,46?,49?,50?,51-,52?,59?,60?/m1/s1. The third-order valence-electron chi connectivity index (χ3n) is 15.1. The molecule has 2 aliphatic rings. The van der Waals surface area contributed by atoms with Crippen LogP contribution in [0.4, 0.5) is 11.4 Å². The molecule has 25 nitrogen and oxygen atoms in total. The number of carbonyl (C=O) groups is 4. The minimum absolute atomic E-state index is 0.0386. The van der Waals surface area contributed by atoms with E-state index in [9.17, 15) is 49.2 Å². The lowest BCUT2D eigenvalue weighted by molar-refractivity contribution is -0.305. The molecule has 6 heterocycles. The van der Waals surface area contributed by atoms with Crippen molar-refractivity contribution in [2.24, 2.45) is 0 Å². The maximum Gasteiger partial charge on any atom is 0.364 e. The Bertz CT molecular complexity index is 3830. The molecule has 7 unspecified atom stereocenters. The van der Waals surface area contributed by atoms with Crippen molar-refractivity contribution in [1.82, 2.24) is 9.97 Å². The third-order valence-corrected chi connectivity index (χ3v) is 15.1. The van der Waals surface area contributed by atoms with E-state index in [0.717, 1.165) is 11.4 Å². The Morgan fingerprint density at radius 1 is 0.529 bits per heavy atom. The molecule has 4 aromatic heterocycles. The van der Waals surface area contributed by atoms with Gasteiger partial charge in [-0.1, -0.05) is 0 Å². The number of aromatic hydroxyl groups is 2. The van der Waals surface area contributed by atoms with Gasteiger partial charge in [-0.3, -0.25) is 9.59 Å². The normalized spacial score (nSPS) is 21.4. The predicted octanol–water partition coefficient (Wildman–Crippen LogP) is 7.73. The van der Waals surface area contributed by atoms with Crippen LogP contribution in [0.2, 0.25) is 0 Å². The number of hydrogen-bond donors (Lipinski definition) is 8. The van der Waals surface area contributed by atoms with Gasteiger partial charge in [0.05, 0.1) is 22.0 Å². The Kier molecular flexibility index (Phi) is 16.5. The van der Waals surface area contributed by atoms with Gasteiger partial charge in [0.1, 0.15) is 57.8 Å². The fraction of sp³-hybridized carbons (Fsp3) is 0.323. The lowest BCUT2D eigenvalue weighted by Crippen LogP contribution is -2.65. The molecule has 2 fully saturated rings. The molecule has 0 radical (unpaired) electrons. The molecule has 2 aliphatic heterocycles. The maximum absolute atomic E-state index is 13.5. The molecule has 2 saturated heterocycles. The molecular weight excluding hydrogens is 1140 g/mol. The van der Waals surface area contributed by atoms with Gasteiger partial charge in [0.2, 0.25) is 12.6 Å². The SMILES string of the molecule is COC1C(OC(=O)c2ccc(C)[nH]2)C(O)C(Oc2ccc3c(O)c(NC(=O)c4ccc(Oc5ccc(C(=O)Nc6c(O)c7ccc(OC8OC(C)(C)[C@H](OC)C(OC(=O)c9ccc(C)[nH]9)C8O)c(C)c7oc6=O)cc5)cc4)c(=O)oc3c2C)OC1(C)C. The maximum atomic E-state index is 13.5. The Morgan fingerprint density at radius 2 is 0.897 bits per heavy atom. The number of methoxy groups -OCH3 is 2. The number of fused-ring (bicyclic) bond motifs is 2. The summed E-state index contributed by atoms with van der Waals surface area (Å²) in [6.45, 7) is 13.3. The van der Waals surface area contributed by atoms with Gasteiger partial charge in [-0.05, 0) is 152 Å². The van der Waals surface area contributed by atoms with E-state index in [1.807, 2.05) is 0 Å². The van der Waals surface area contributed by atoms with Gasteiger partial charge in [0.15, 0.2) is 47.3 Å². The number of aliphatic hydroxyl groups excluding tert-OH is 2. The topological polar surface area (TPSA) is 348 Å². The van der Waals surface area contributed by atoms with Crippen molar-refractivity contribution in [2.45, 2.75) is 116 Å². The zero-order valence-corrected chi connectivity index (χ0v) is 48.6. The van der Waals surface area contributed by atoms with Gasteiger partial charge < -0.3 is 92.5 Å². The van der Waals surface area contributed by atoms with Crippen molar-refractivity contribution in [1.29, 1.82) is 0 Å². The largest absolute Gasteiger partial charge is 0.505 e. The Hall–Kier alpha value is -9.50. The first-order chi connectivity index (χ1) is 41.3. The molecule has 10 rings (SSSR count). The van der Waals surface area contributed by atoms with E-state index in [1.165, 1.54) is 87.0 Å². The Morgan fingerprint density at radius 3 is 1.23 bits per heavy atom. The van der Waals surface area contributed by atoms with E-state index in [2.05, 4.69) is 20.6 Å². The summed E-state index contributed by atoms with van der Waals surface area (Å²) in [6, 6.07) is 23.6. The second-order valence-corrected chi connectivity index (χ2v) is 22.0. The molecule has 0 bridgehead atoms. The molecule has 8 atom stereocenters. The zero-order chi connectivity index (χ0) is 62.6. The van der Waals surface area contributed by atoms with E-state index in [-0.39, 0.29) is 78.6 Å². The van der Waals surface area contributed by atoms with Crippen LogP contribution in [0, 0.1) is 27.7 Å². The van der Waals surface area contributed by atoms with Crippen molar-refractivity contribution in [3.05, 3.63) is 163 Å². The van der Waals surface area contributed by atoms with Gasteiger partial charge in [0, 0.05) is 47.9 Å². The number of hydrogen-bond acceptors (Lipinski definition) is 21. The van der Waals surface area contributed by atoms with Crippen LogP contribution < -0.4 is 36.1 Å². The molecule has 87 heavy (non-hydrogen) atoms. The van der Waals surface area contributed by atoms with Crippen LogP contribution in [-0.2, 0) is 28.4 Å². The first-order valence-corrected chi connectivity index (χ1v) is 27.2. The first kappa shape index (κ1) is 60.6. The van der Waals surface area contributed by atoms with Crippen LogP contribution in [0.1, 0.15) is 91.9 Å². The highest BCUT2D eigenvalue weighted by molar-refractivity contribution is 6.07. The van der Waals surface area contributed by atoms with E-state index < -0.39 is 118 Å². The Labute approximate surface area is 494 Å². The number of anilines is 2. The van der Waals surface area contributed by atoms with Crippen LogP contribution >= 0.6 is 0 Å². The number of aliphatic hydroxyl groups is 2. The van der Waals surface area contributed by atoms with Crippen LogP contribution in [0.25, 0.3) is 21.9 Å². The van der Waals surface area contributed by atoms with Crippen LogP contribution in [0.15, 0.2) is 115 Å². The van der Waals surface area contributed by atoms with E-state index >= 15 is 0 Å². The lowest BCUT2D eigenvalue weighted by Gasteiger charge is -2.47. The summed E-state index contributed by atoms with van der Waals surface area (Å²) in [5.74, 6) is -3.52. The summed E-state index contributed by atoms with van der Waals surface area (Å²) >= 11 is 0. The molecule has 456 valence electrons. The van der Waals surface area contributed by atoms with Crippen LogP contribution in [0.5, 0.6) is 34.5 Å². The number of esters is 2. The number of rotatable bonds is 16. The summed E-state index contributed by atoms with van der Waals surface area (Å²) in [7, 11) is 2.78. The van der Waals surface area contributed by atoms with E-state index in [4.69, 9.17) is 51.5 Å². The van der Waals surface area contributed by atoms with Crippen LogP contribution in [-0.4, -0.2) is 129 Å². The monoisotopic (exact) mass is 1200 g/mol. The highest BCUT2D eigenvalue weighted by atomic mass is 16.7. The highest BCUT2D eigenvalue weighted by Gasteiger charge is 2.55. The fourth-order valence-corrected chi connectivity index (χ4v) is 10.6. The number of aromatic amines is 2. The van der Waals surface area contributed by atoms with Gasteiger partial charge in [0.25, 0.3) is 11.8 Å². The van der Waals surface area contributed by atoms with Gasteiger partial charge >= 0.3 is 23.2 Å². The van der Waals surface area contributed by atoms with Gasteiger partial charge in [-0.25, -0.2) is 19.2 Å². The van der Waals surface area contributed by atoms with E-state index in [0.29, 0.717) is 0 Å². The quantitative estimate of drug-likeness (QED) is 0.0339. The molecule has 25 heteroatoms. The Balaban J connectivity index is 0.762. The van der Waals surface area contributed by atoms with Gasteiger partial charge in [-0.15, -0.1) is 0 Å². The van der Waals surface area contributed by atoms with Crippen molar-refractivity contribution >= 4 is 57.1 Å². The predicted molar refractivity (Wildman–Crippen MR) is 309 cm³/mol. The summed E-state index contributed by atoms with van der Waals surface area (Å²) in [6.07, 6.45) is -10.3. The summed E-state index contributed by atoms with van der Waals surface area (Å²) in [5.41, 5.74) is -3.41. The smallest absolute Gasteiger partial charge is 0.364 e. The lowest BCUT2D eigenvalue weighted by atomic mass is 9.89. The molecule has 4 aromatic carbocycles. The number of carbonyl (C=O) groups excluding carboxylic acids is 4. The number of nitrogens with one attached hydrogen (secondary N) is 4. The van der Waals surface area contributed by atoms with Crippen molar-refractivity contribution in [2.75, 3.05) is 24.9 Å². The average Bonchev–Trinajstić information content (AvgIpc) is 1.41. The molecule has 2 amide bonds. The number of H-pyrrole nitrogens is 2. The number of aromatic nitrogens is 2.